The van der Waals surface area contributed by atoms with E-state index in [1.165, 1.54) is 10.9 Å². The van der Waals surface area contributed by atoms with Crippen molar-refractivity contribution in [2.75, 3.05) is 11.1 Å². The van der Waals surface area contributed by atoms with E-state index in [-0.39, 0.29) is 5.56 Å². The van der Waals surface area contributed by atoms with E-state index < -0.39 is 0 Å². The Morgan fingerprint density at radius 3 is 2.81 bits per heavy atom. The normalized spacial score (nSPS) is 14.4. The Balaban J connectivity index is 1.80. The second-order valence-corrected chi connectivity index (χ2v) is 5.74. The van der Waals surface area contributed by atoms with Crippen molar-refractivity contribution in [1.82, 2.24) is 19.6 Å². The minimum absolute atomic E-state index is 0.197. The van der Waals surface area contributed by atoms with Crippen LogP contribution in [0.2, 0.25) is 5.02 Å². The molecule has 7 nitrogen and oxygen atoms in total. The van der Waals surface area contributed by atoms with Gasteiger partial charge in [-0.3, -0.25) is 9.48 Å². The van der Waals surface area contributed by atoms with E-state index >= 15 is 0 Å². The molecule has 0 spiro atoms. The summed E-state index contributed by atoms with van der Waals surface area (Å²) in [7, 11) is 1.76. The molecule has 2 aromatic heterocycles. The van der Waals surface area contributed by atoms with Gasteiger partial charge in [0.05, 0.1) is 17.4 Å². The molecule has 1 saturated carbocycles. The molecule has 1 aliphatic carbocycles. The molecule has 1 fully saturated rings. The zero-order chi connectivity index (χ0) is 15.0. The third-order valence-corrected chi connectivity index (χ3v) is 3.93. The van der Waals surface area contributed by atoms with Crippen LogP contribution in [0.15, 0.2) is 17.2 Å². The zero-order valence-corrected chi connectivity index (χ0v) is 12.5. The molecule has 0 amide bonds. The van der Waals surface area contributed by atoms with Crippen LogP contribution in [0.25, 0.3) is 0 Å². The summed E-state index contributed by atoms with van der Waals surface area (Å²) in [6.45, 7) is 1.04. The van der Waals surface area contributed by atoms with E-state index in [1.54, 1.807) is 17.9 Å². The first kappa shape index (κ1) is 13.9. The number of nitrogens with two attached hydrogens (primary N) is 1. The number of rotatable bonds is 5. The van der Waals surface area contributed by atoms with Crippen molar-refractivity contribution >= 4 is 23.1 Å². The molecule has 1 aliphatic rings. The first-order valence-electron chi connectivity index (χ1n) is 6.82. The Kier molecular flexibility index (Phi) is 3.59. The summed E-state index contributed by atoms with van der Waals surface area (Å²) < 4.78 is 3.05. The summed E-state index contributed by atoms with van der Waals surface area (Å²) in [5.41, 5.74) is 6.86. The van der Waals surface area contributed by atoms with Gasteiger partial charge in [-0.25, -0.2) is 4.68 Å². The van der Waals surface area contributed by atoms with E-state index in [9.17, 15) is 4.79 Å². The number of hydrogen-bond donors (Lipinski definition) is 2. The molecule has 0 unspecified atom stereocenters. The Labute approximate surface area is 126 Å². The van der Waals surface area contributed by atoms with Crippen molar-refractivity contribution < 1.29 is 0 Å². The molecule has 0 radical (unpaired) electrons. The second-order valence-electron chi connectivity index (χ2n) is 5.33. The van der Waals surface area contributed by atoms with Crippen LogP contribution >= 0.6 is 11.6 Å². The highest BCUT2D eigenvalue weighted by molar-refractivity contribution is 6.32. The molecule has 2 heterocycles. The number of halogens is 1. The van der Waals surface area contributed by atoms with Crippen LogP contribution in [0.1, 0.15) is 18.4 Å². The maximum Gasteiger partial charge on any atom is 0.291 e. The fourth-order valence-corrected chi connectivity index (χ4v) is 2.31. The van der Waals surface area contributed by atoms with Crippen molar-refractivity contribution in [2.24, 2.45) is 13.0 Å². The van der Waals surface area contributed by atoms with Crippen LogP contribution in [-0.2, 0) is 20.1 Å². The highest BCUT2D eigenvalue weighted by Crippen LogP contribution is 2.30. The predicted octanol–water partition coefficient (Wildman–Crippen LogP) is 1.23. The monoisotopic (exact) mass is 308 g/mol. The van der Waals surface area contributed by atoms with Gasteiger partial charge < -0.3 is 11.1 Å². The number of nitrogens with zero attached hydrogens (tertiary/aromatic N) is 4. The van der Waals surface area contributed by atoms with Gasteiger partial charge in [0.1, 0.15) is 11.5 Å². The maximum atomic E-state index is 12.4. The molecule has 8 heteroatoms. The third kappa shape index (κ3) is 2.87. The first-order chi connectivity index (χ1) is 10.1. The van der Waals surface area contributed by atoms with Crippen LogP contribution in [0, 0.1) is 5.92 Å². The number of nitrogens with one attached hydrogen (secondary N) is 1. The van der Waals surface area contributed by atoms with Crippen molar-refractivity contribution in [3.63, 3.8) is 0 Å². The zero-order valence-electron chi connectivity index (χ0n) is 11.7. The molecule has 2 aromatic rings. The predicted molar refractivity (Wildman–Crippen MR) is 81.2 cm³/mol. The van der Waals surface area contributed by atoms with Crippen LogP contribution in [0.4, 0.5) is 11.5 Å². The number of aryl methyl sites for hydroxylation is 1. The van der Waals surface area contributed by atoms with E-state index in [0.717, 1.165) is 18.4 Å². The van der Waals surface area contributed by atoms with Gasteiger partial charge in [-0.1, -0.05) is 11.6 Å². The Morgan fingerprint density at radius 1 is 1.43 bits per heavy atom. The van der Waals surface area contributed by atoms with Crippen molar-refractivity contribution in [3.05, 3.63) is 33.3 Å². The summed E-state index contributed by atoms with van der Waals surface area (Å²) in [5, 5.41) is 11.5. The fraction of sp³-hybridized carbons (Fsp3) is 0.462. The molecule has 0 saturated heterocycles. The summed E-state index contributed by atoms with van der Waals surface area (Å²) in [6, 6.07) is 0. The van der Waals surface area contributed by atoms with E-state index in [2.05, 4.69) is 15.5 Å². The summed E-state index contributed by atoms with van der Waals surface area (Å²) in [5.74, 6) is 1.13. The Bertz CT molecular complexity index is 718. The topological polar surface area (TPSA) is 90.8 Å². The summed E-state index contributed by atoms with van der Waals surface area (Å²) in [4.78, 5) is 12.4. The van der Waals surface area contributed by atoms with Crippen molar-refractivity contribution in [1.29, 1.82) is 0 Å². The number of nitrogen functional groups attached to an aromatic ring is 1. The molecule has 0 aromatic carbocycles. The quantitative estimate of drug-likeness (QED) is 0.867. The fourth-order valence-electron chi connectivity index (χ4n) is 2.12. The standard InChI is InChI=1S/C13H17ClN6O/c1-19-12(15)9(5-17-19)4-16-11-10(14)6-18-20(13(11)21)7-8-2-3-8/h5-6,8,16H,2-4,7,15H2,1H3. The lowest BCUT2D eigenvalue weighted by Gasteiger charge is -2.10. The van der Waals surface area contributed by atoms with Crippen LogP contribution in [0.3, 0.4) is 0 Å². The van der Waals surface area contributed by atoms with E-state index in [4.69, 9.17) is 17.3 Å². The average molecular weight is 309 g/mol. The minimum Gasteiger partial charge on any atom is -0.384 e. The minimum atomic E-state index is -0.197. The lowest BCUT2D eigenvalue weighted by Crippen LogP contribution is -2.26. The highest BCUT2D eigenvalue weighted by Gasteiger charge is 2.23. The average Bonchev–Trinajstić information content (AvgIpc) is 3.22. The molecule has 0 aliphatic heterocycles. The number of anilines is 2. The maximum absolute atomic E-state index is 12.4. The lowest BCUT2D eigenvalue weighted by molar-refractivity contribution is 0.534. The highest BCUT2D eigenvalue weighted by atomic mass is 35.5. The largest absolute Gasteiger partial charge is 0.384 e. The van der Waals surface area contributed by atoms with Crippen molar-refractivity contribution in [2.45, 2.75) is 25.9 Å². The number of hydrogen-bond acceptors (Lipinski definition) is 5. The van der Waals surface area contributed by atoms with E-state index in [0.29, 0.717) is 35.5 Å². The smallest absolute Gasteiger partial charge is 0.291 e. The van der Waals surface area contributed by atoms with Gasteiger partial charge in [0.25, 0.3) is 5.56 Å². The van der Waals surface area contributed by atoms with Gasteiger partial charge in [0, 0.05) is 25.7 Å². The van der Waals surface area contributed by atoms with Gasteiger partial charge in [0.15, 0.2) is 0 Å². The van der Waals surface area contributed by atoms with Crippen LogP contribution < -0.4 is 16.6 Å². The van der Waals surface area contributed by atoms with Gasteiger partial charge >= 0.3 is 0 Å². The molecule has 112 valence electrons. The van der Waals surface area contributed by atoms with Gasteiger partial charge in [-0.05, 0) is 18.8 Å². The van der Waals surface area contributed by atoms with Crippen molar-refractivity contribution in [3.8, 4) is 0 Å². The van der Waals surface area contributed by atoms with Crippen LogP contribution in [0.5, 0.6) is 0 Å². The third-order valence-electron chi connectivity index (χ3n) is 3.65. The Morgan fingerprint density at radius 2 is 2.19 bits per heavy atom. The van der Waals surface area contributed by atoms with Gasteiger partial charge in [-0.2, -0.15) is 10.2 Å². The Hall–Kier alpha value is -2.02. The molecular formula is C13H17ClN6O. The van der Waals surface area contributed by atoms with Gasteiger partial charge in [-0.15, -0.1) is 0 Å². The SMILES string of the molecule is Cn1ncc(CNc2c(Cl)cnn(CC3CC3)c2=O)c1N. The molecule has 3 rings (SSSR count). The molecule has 21 heavy (non-hydrogen) atoms. The molecule has 0 atom stereocenters. The first-order valence-corrected chi connectivity index (χ1v) is 7.20. The molecule has 0 bridgehead atoms. The number of aromatic nitrogens is 4. The van der Waals surface area contributed by atoms with E-state index in [1.807, 2.05) is 0 Å². The summed E-state index contributed by atoms with van der Waals surface area (Å²) >= 11 is 6.07. The molecular weight excluding hydrogens is 292 g/mol. The van der Waals surface area contributed by atoms with Crippen LogP contribution in [-0.4, -0.2) is 19.6 Å². The second kappa shape index (κ2) is 5.40. The van der Waals surface area contributed by atoms with Gasteiger partial charge in [0.2, 0.25) is 0 Å². The lowest BCUT2D eigenvalue weighted by atomic mass is 10.3. The summed E-state index contributed by atoms with van der Waals surface area (Å²) in [6.07, 6.45) is 5.48. The molecule has 3 N–H and O–H groups in total.